The first-order valence-corrected chi connectivity index (χ1v) is 6.37. The van der Waals surface area contributed by atoms with Gasteiger partial charge in [0.2, 0.25) is 0 Å². The van der Waals surface area contributed by atoms with Crippen molar-refractivity contribution in [3.8, 4) is 0 Å². The highest BCUT2D eigenvalue weighted by atomic mass is 35.5. The van der Waals surface area contributed by atoms with Gasteiger partial charge in [0.1, 0.15) is 0 Å². The summed E-state index contributed by atoms with van der Waals surface area (Å²) in [6, 6.07) is 8.28. The molecule has 0 aromatic heterocycles. The van der Waals surface area contributed by atoms with Gasteiger partial charge < -0.3 is 11.1 Å². The molecule has 0 bridgehead atoms. The average molecular weight is 239 g/mol. The molecule has 2 nitrogen and oxygen atoms in total. The predicted molar refractivity (Wildman–Crippen MR) is 69.9 cm³/mol. The molecule has 0 aliphatic heterocycles. The second kappa shape index (κ2) is 5.55. The lowest BCUT2D eigenvalue weighted by molar-refractivity contribution is 0.335. The molecule has 1 aliphatic carbocycles. The van der Waals surface area contributed by atoms with Crippen LogP contribution in [0.5, 0.6) is 0 Å². The smallest absolute Gasteiger partial charge is 0.0426 e. The lowest BCUT2D eigenvalue weighted by atomic mass is 9.86. The standard InChI is InChI=1S/C13H19ClN2/c14-11-4-2-6-13(8-11)16-9-10-3-1-5-12(15)7-10/h2,4,6,8,10,12,16H,1,3,5,7,9,15H2. The van der Waals surface area contributed by atoms with Crippen molar-refractivity contribution in [2.45, 2.75) is 31.7 Å². The van der Waals surface area contributed by atoms with Gasteiger partial charge in [-0.2, -0.15) is 0 Å². The minimum atomic E-state index is 0.403. The summed E-state index contributed by atoms with van der Waals surface area (Å²) in [6.07, 6.45) is 4.89. The van der Waals surface area contributed by atoms with Gasteiger partial charge in [0.05, 0.1) is 0 Å². The molecule has 1 aromatic carbocycles. The van der Waals surface area contributed by atoms with Gasteiger partial charge in [-0.3, -0.25) is 0 Å². The van der Waals surface area contributed by atoms with Gasteiger partial charge >= 0.3 is 0 Å². The van der Waals surface area contributed by atoms with Crippen LogP contribution in [0.1, 0.15) is 25.7 Å². The Morgan fingerprint density at radius 2 is 2.25 bits per heavy atom. The molecule has 1 fully saturated rings. The number of benzene rings is 1. The molecule has 16 heavy (non-hydrogen) atoms. The van der Waals surface area contributed by atoms with Crippen molar-refractivity contribution in [3.63, 3.8) is 0 Å². The first-order chi connectivity index (χ1) is 7.74. The van der Waals surface area contributed by atoms with E-state index >= 15 is 0 Å². The van der Waals surface area contributed by atoms with Crippen molar-refractivity contribution in [2.24, 2.45) is 11.7 Å². The van der Waals surface area contributed by atoms with E-state index in [0.29, 0.717) is 12.0 Å². The Morgan fingerprint density at radius 1 is 1.38 bits per heavy atom. The topological polar surface area (TPSA) is 38.0 Å². The molecular formula is C13H19ClN2. The summed E-state index contributed by atoms with van der Waals surface area (Å²) in [5, 5.41) is 4.22. The molecule has 88 valence electrons. The maximum Gasteiger partial charge on any atom is 0.0426 e. The third-order valence-electron chi connectivity index (χ3n) is 3.24. The third kappa shape index (κ3) is 3.39. The molecule has 2 rings (SSSR count). The van der Waals surface area contributed by atoms with Crippen LogP contribution in [0.2, 0.25) is 5.02 Å². The number of nitrogens with one attached hydrogen (secondary N) is 1. The molecule has 1 aromatic rings. The molecule has 0 saturated heterocycles. The number of hydrogen-bond donors (Lipinski definition) is 2. The van der Waals surface area contributed by atoms with Crippen LogP contribution in [0, 0.1) is 5.92 Å². The van der Waals surface area contributed by atoms with Gasteiger partial charge in [-0.05, 0) is 43.4 Å². The number of anilines is 1. The van der Waals surface area contributed by atoms with Crippen LogP contribution in [0.4, 0.5) is 5.69 Å². The van der Waals surface area contributed by atoms with Crippen molar-refractivity contribution >= 4 is 17.3 Å². The largest absolute Gasteiger partial charge is 0.385 e. The summed E-state index contributed by atoms with van der Waals surface area (Å²) < 4.78 is 0. The highest BCUT2D eigenvalue weighted by Crippen LogP contribution is 2.24. The molecule has 0 radical (unpaired) electrons. The Balaban J connectivity index is 1.82. The van der Waals surface area contributed by atoms with E-state index < -0.39 is 0 Å². The third-order valence-corrected chi connectivity index (χ3v) is 3.48. The maximum atomic E-state index is 5.97. The lowest BCUT2D eigenvalue weighted by Crippen LogP contribution is -2.30. The zero-order valence-corrected chi connectivity index (χ0v) is 10.2. The Morgan fingerprint density at radius 3 is 3.00 bits per heavy atom. The van der Waals surface area contributed by atoms with E-state index in [-0.39, 0.29) is 0 Å². The summed E-state index contributed by atoms with van der Waals surface area (Å²) in [7, 11) is 0. The Hall–Kier alpha value is -0.730. The quantitative estimate of drug-likeness (QED) is 0.848. The van der Waals surface area contributed by atoms with Gasteiger partial charge in [0.15, 0.2) is 0 Å². The van der Waals surface area contributed by atoms with E-state index in [4.69, 9.17) is 17.3 Å². The summed E-state index contributed by atoms with van der Waals surface area (Å²) in [6.45, 7) is 1.01. The average Bonchev–Trinajstić information content (AvgIpc) is 2.27. The van der Waals surface area contributed by atoms with Gasteiger partial charge in [0.25, 0.3) is 0 Å². The molecule has 0 spiro atoms. The van der Waals surface area contributed by atoms with Crippen LogP contribution in [-0.4, -0.2) is 12.6 Å². The number of nitrogens with two attached hydrogens (primary N) is 1. The summed E-state index contributed by atoms with van der Waals surface area (Å²) in [5.41, 5.74) is 7.07. The molecule has 1 aliphatic rings. The van der Waals surface area contributed by atoms with E-state index in [1.165, 1.54) is 19.3 Å². The Bertz CT molecular complexity index is 340. The van der Waals surface area contributed by atoms with Gasteiger partial charge in [-0.1, -0.05) is 24.1 Å². The van der Waals surface area contributed by atoms with Crippen molar-refractivity contribution < 1.29 is 0 Å². The second-order valence-electron chi connectivity index (χ2n) is 4.68. The predicted octanol–water partition coefficient (Wildman–Crippen LogP) is 3.27. The van der Waals surface area contributed by atoms with Crippen molar-refractivity contribution in [1.29, 1.82) is 0 Å². The molecule has 1 saturated carbocycles. The van der Waals surface area contributed by atoms with Crippen LogP contribution < -0.4 is 11.1 Å². The molecule has 0 amide bonds. The monoisotopic (exact) mass is 238 g/mol. The first kappa shape index (κ1) is 11.7. The van der Waals surface area contributed by atoms with E-state index in [9.17, 15) is 0 Å². The molecule has 2 atom stereocenters. The van der Waals surface area contributed by atoms with Crippen LogP contribution in [-0.2, 0) is 0 Å². The van der Waals surface area contributed by atoms with E-state index in [2.05, 4.69) is 11.4 Å². The fraction of sp³-hybridized carbons (Fsp3) is 0.538. The van der Waals surface area contributed by atoms with Crippen LogP contribution in [0.15, 0.2) is 24.3 Å². The molecule has 0 heterocycles. The molecular weight excluding hydrogens is 220 g/mol. The second-order valence-corrected chi connectivity index (χ2v) is 5.12. The van der Waals surface area contributed by atoms with Gasteiger partial charge in [0, 0.05) is 23.3 Å². The van der Waals surface area contributed by atoms with E-state index in [1.54, 1.807) is 0 Å². The summed E-state index contributed by atoms with van der Waals surface area (Å²) in [4.78, 5) is 0. The summed E-state index contributed by atoms with van der Waals surface area (Å²) in [5.74, 6) is 0.711. The minimum absolute atomic E-state index is 0.403. The number of hydrogen-bond acceptors (Lipinski definition) is 2. The summed E-state index contributed by atoms with van der Waals surface area (Å²) >= 11 is 5.93. The highest BCUT2D eigenvalue weighted by molar-refractivity contribution is 6.30. The fourth-order valence-electron chi connectivity index (χ4n) is 2.38. The normalized spacial score (nSPS) is 25.4. The van der Waals surface area contributed by atoms with Crippen molar-refractivity contribution in [3.05, 3.63) is 29.3 Å². The van der Waals surface area contributed by atoms with Crippen LogP contribution >= 0.6 is 11.6 Å². The van der Waals surface area contributed by atoms with Crippen molar-refractivity contribution in [1.82, 2.24) is 0 Å². The van der Waals surface area contributed by atoms with Crippen molar-refractivity contribution in [2.75, 3.05) is 11.9 Å². The van der Waals surface area contributed by atoms with E-state index in [0.717, 1.165) is 23.7 Å². The van der Waals surface area contributed by atoms with Crippen LogP contribution in [0.25, 0.3) is 0 Å². The SMILES string of the molecule is NC1CCCC(CNc2cccc(Cl)c2)C1. The van der Waals surface area contributed by atoms with Gasteiger partial charge in [-0.15, -0.1) is 0 Å². The minimum Gasteiger partial charge on any atom is -0.385 e. The Labute approximate surface area is 102 Å². The van der Waals surface area contributed by atoms with Gasteiger partial charge in [-0.25, -0.2) is 0 Å². The molecule has 3 heteroatoms. The zero-order valence-electron chi connectivity index (χ0n) is 9.45. The van der Waals surface area contributed by atoms with Crippen LogP contribution in [0.3, 0.4) is 0 Å². The van der Waals surface area contributed by atoms with E-state index in [1.807, 2.05) is 18.2 Å². The number of rotatable bonds is 3. The highest BCUT2D eigenvalue weighted by Gasteiger charge is 2.18. The fourth-order valence-corrected chi connectivity index (χ4v) is 2.57. The lowest BCUT2D eigenvalue weighted by Gasteiger charge is -2.27. The Kier molecular flexibility index (Phi) is 4.08. The molecule has 2 unspecified atom stereocenters. The first-order valence-electron chi connectivity index (χ1n) is 5.99. The number of halogens is 1. The maximum absolute atomic E-state index is 5.97. The zero-order chi connectivity index (χ0) is 11.4. The molecule has 3 N–H and O–H groups in total.